The van der Waals surface area contributed by atoms with Crippen LogP contribution in [0.25, 0.3) is 10.1 Å². The van der Waals surface area contributed by atoms with E-state index in [1.54, 1.807) is 23.5 Å². The summed E-state index contributed by atoms with van der Waals surface area (Å²) >= 11 is 6.90. The summed E-state index contributed by atoms with van der Waals surface area (Å²) in [6.45, 7) is -1.47. The fraction of sp³-hybridized carbons (Fsp3) is 0.250. The monoisotopic (exact) mass is 340 g/mol. The van der Waals surface area contributed by atoms with Gasteiger partial charge >= 0.3 is 12.3 Å². The Labute approximate surface area is 125 Å². The summed E-state index contributed by atoms with van der Waals surface area (Å²) in [5.74, 6) is -5.23. The molecule has 0 spiro atoms. The Morgan fingerprint density at radius 2 is 2.10 bits per heavy atom. The van der Waals surface area contributed by atoms with Crippen LogP contribution in [0.2, 0.25) is 5.02 Å². The van der Waals surface area contributed by atoms with Crippen molar-refractivity contribution in [3.63, 3.8) is 0 Å². The van der Waals surface area contributed by atoms with E-state index in [4.69, 9.17) is 17.3 Å². The van der Waals surface area contributed by atoms with E-state index in [1.165, 1.54) is 0 Å². The number of hydrogen-bond donors (Lipinski definition) is 2. The highest BCUT2D eigenvalue weighted by Gasteiger charge is 2.41. The van der Waals surface area contributed by atoms with Crippen molar-refractivity contribution in [1.82, 2.24) is 5.32 Å². The molecule has 1 aromatic heterocycles. The number of carbonyl (C=O) groups excluding carboxylic acids is 1. The summed E-state index contributed by atoms with van der Waals surface area (Å²) in [6.07, 6.45) is -3.85. The number of thiophene rings is 1. The first-order valence-corrected chi connectivity index (χ1v) is 6.84. The van der Waals surface area contributed by atoms with Gasteiger partial charge in [0.2, 0.25) is 0 Å². The van der Waals surface area contributed by atoms with Crippen LogP contribution >= 0.6 is 22.9 Å². The molecule has 0 aliphatic heterocycles. The van der Waals surface area contributed by atoms with Gasteiger partial charge in [0, 0.05) is 10.1 Å². The van der Waals surface area contributed by atoms with Crippen LogP contribution in [-0.4, -0.2) is 24.8 Å². The number of rotatable bonds is 4. The Morgan fingerprint density at radius 3 is 2.67 bits per heavy atom. The number of carbonyl (C=O) groups is 1. The third kappa shape index (κ3) is 3.06. The fourth-order valence-electron chi connectivity index (χ4n) is 1.65. The normalized spacial score (nSPS) is 12.1. The fourth-order valence-corrected chi connectivity index (χ4v) is 3.05. The first-order chi connectivity index (χ1) is 9.74. The Bertz CT molecular complexity index is 689. The maximum absolute atomic E-state index is 12.8. The van der Waals surface area contributed by atoms with Gasteiger partial charge in [0.05, 0.1) is 17.3 Å². The topological polar surface area (TPSA) is 55.1 Å². The lowest BCUT2D eigenvalue weighted by molar-refractivity contribution is -0.123. The summed E-state index contributed by atoms with van der Waals surface area (Å²) in [4.78, 5) is 11.8. The number of amides is 1. The highest BCUT2D eigenvalue weighted by atomic mass is 35.5. The Hall–Kier alpha value is -1.54. The molecule has 21 heavy (non-hydrogen) atoms. The van der Waals surface area contributed by atoms with Gasteiger partial charge in [-0.2, -0.15) is 8.78 Å². The zero-order valence-electron chi connectivity index (χ0n) is 10.3. The number of nitrogen functional groups attached to an aromatic ring is 1. The van der Waals surface area contributed by atoms with E-state index in [9.17, 15) is 22.4 Å². The van der Waals surface area contributed by atoms with Crippen LogP contribution < -0.4 is 11.1 Å². The molecule has 3 nitrogen and oxygen atoms in total. The van der Waals surface area contributed by atoms with Gasteiger partial charge in [-0.05, 0) is 12.1 Å². The van der Waals surface area contributed by atoms with E-state index in [2.05, 4.69) is 0 Å². The lowest BCUT2D eigenvalue weighted by atomic mass is 10.2. The number of nitrogens with two attached hydrogens (primary N) is 1. The number of nitrogens with one attached hydrogen (secondary N) is 1. The molecule has 0 aliphatic carbocycles. The summed E-state index contributed by atoms with van der Waals surface area (Å²) < 4.78 is 50.2. The van der Waals surface area contributed by atoms with E-state index in [1.807, 2.05) is 0 Å². The third-order valence-electron chi connectivity index (χ3n) is 2.71. The van der Waals surface area contributed by atoms with Gasteiger partial charge in [-0.3, -0.25) is 4.79 Å². The van der Waals surface area contributed by atoms with Crippen molar-refractivity contribution in [1.29, 1.82) is 0 Å². The average molecular weight is 341 g/mol. The Balaban J connectivity index is 2.25. The van der Waals surface area contributed by atoms with Crippen LogP contribution in [0.5, 0.6) is 0 Å². The number of anilines is 1. The quantitative estimate of drug-likeness (QED) is 0.832. The van der Waals surface area contributed by atoms with E-state index in [0.29, 0.717) is 15.1 Å². The van der Waals surface area contributed by atoms with Crippen LogP contribution in [0, 0.1) is 0 Å². The van der Waals surface area contributed by atoms with Crippen molar-refractivity contribution in [3.05, 3.63) is 28.1 Å². The van der Waals surface area contributed by atoms with Crippen LogP contribution in [0.3, 0.4) is 0 Å². The number of hydrogen-bond acceptors (Lipinski definition) is 3. The van der Waals surface area contributed by atoms with Gasteiger partial charge in [-0.15, -0.1) is 11.3 Å². The molecule has 0 unspecified atom stereocenters. The van der Waals surface area contributed by atoms with Gasteiger partial charge < -0.3 is 11.1 Å². The summed E-state index contributed by atoms with van der Waals surface area (Å²) in [6, 6.07) is 4.87. The highest BCUT2D eigenvalue weighted by molar-refractivity contribution is 7.21. The van der Waals surface area contributed by atoms with Gasteiger partial charge in [0.15, 0.2) is 0 Å². The first kappa shape index (κ1) is 15.8. The van der Waals surface area contributed by atoms with E-state index in [-0.39, 0.29) is 10.6 Å². The lowest BCUT2D eigenvalue weighted by Gasteiger charge is -2.15. The van der Waals surface area contributed by atoms with E-state index in [0.717, 1.165) is 11.3 Å². The molecule has 0 fully saturated rings. The number of benzene rings is 1. The second kappa shape index (κ2) is 5.69. The molecule has 0 bridgehead atoms. The largest absolute Gasteiger partial charge is 0.397 e. The van der Waals surface area contributed by atoms with Gasteiger partial charge in [0.1, 0.15) is 4.88 Å². The Morgan fingerprint density at radius 1 is 1.43 bits per heavy atom. The van der Waals surface area contributed by atoms with Gasteiger partial charge in [0.25, 0.3) is 5.91 Å². The van der Waals surface area contributed by atoms with Crippen molar-refractivity contribution in [3.8, 4) is 0 Å². The maximum Gasteiger partial charge on any atom is 0.324 e. The van der Waals surface area contributed by atoms with Crippen molar-refractivity contribution in [2.75, 3.05) is 12.3 Å². The second-order valence-corrected chi connectivity index (χ2v) is 5.66. The molecule has 0 saturated carbocycles. The highest BCUT2D eigenvalue weighted by Crippen LogP contribution is 2.38. The molecule has 0 atom stereocenters. The number of alkyl halides is 4. The van der Waals surface area contributed by atoms with Gasteiger partial charge in [-0.25, -0.2) is 8.78 Å². The van der Waals surface area contributed by atoms with Crippen molar-refractivity contribution in [2.45, 2.75) is 12.3 Å². The molecule has 0 radical (unpaired) electrons. The predicted molar refractivity (Wildman–Crippen MR) is 74.5 cm³/mol. The van der Waals surface area contributed by atoms with Crippen molar-refractivity contribution in [2.24, 2.45) is 0 Å². The average Bonchev–Trinajstić information content (AvgIpc) is 2.75. The molecule has 0 aliphatic rings. The smallest absolute Gasteiger partial charge is 0.324 e. The summed E-state index contributed by atoms with van der Waals surface area (Å²) in [5.41, 5.74) is 5.81. The van der Waals surface area contributed by atoms with Crippen molar-refractivity contribution >= 4 is 44.6 Å². The SMILES string of the molecule is Nc1c(C(=O)NCC(F)(F)C(F)F)sc2cccc(Cl)c12. The maximum atomic E-state index is 12.8. The second-order valence-electron chi connectivity index (χ2n) is 4.20. The molecule has 2 aromatic rings. The minimum absolute atomic E-state index is 0.0387. The Kier molecular flexibility index (Phi) is 4.29. The lowest BCUT2D eigenvalue weighted by Crippen LogP contribution is -2.41. The van der Waals surface area contributed by atoms with Crippen LogP contribution in [0.4, 0.5) is 23.2 Å². The standard InChI is InChI=1S/C12H9ClF4N2OS/c13-5-2-1-3-6-7(5)8(18)9(21-6)10(20)19-4-12(16,17)11(14)15/h1-3,11H,4,18H2,(H,19,20). The molecule has 9 heteroatoms. The molecule has 0 saturated heterocycles. The molecule has 1 heterocycles. The number of halogens is 5. The molecule has 114 valence electrons. The van der Waals surface area contributed by atoms with Crippen LogP contribution in [0.15, 0.2) is 18.2 Å². The predicted octanol–water partition coefficient (Wildman–Crippen LogP) is 3.77. The zero-order valence-corrected chi connectivity index (χ0v) is 11.9. The van der Waals surface area contributed by atoms with E-state index >= 15 is 0 Å². The minimum Gasteiger partial charge on any atom is -0.397 e. The zero-order chi connectivity index (χ0) is 15.8. The molecular formula is C12H9ClF4N2OS. The molecule has 3 N–H and O–H groups in total. The van der Waals surface area contributed by atoms with Crippen molar-refractivity contribution < 1.29 is 22.4 Å². The van der Waals surface area contributed by atoms with E-state index < -0.39 is 24.8 Å². The summed E-state index contributed by atoms with van der Waals surface area (Å²) in [5, 5.41) is 2.52. The van der Waals surface area contributed by atoms with Crippen LogP contribution in [-0.2, 0) is 0 Å². The molecular weight excluding hydrogens is 332 g/mol. The summed E-state index contributed by atoms with van der Waals surface area (Å²) in [7, 11) is 0. The molecule has 1 amide bonds. The third-order valence-corrected chi connectivity index (χ3v) is 4.20. The minimum atomic E-state index is -4.29. The molecule has 2 rings (SSSR count). The molecule has 1 aromatic carbocycles. The van der Waals surface area contributed by atoms with Crippen LogP contribution in [0.1, 0.15) is 9.67 Å². The number of fused-ring (bicyclic) bond motifs is 1. The first-order valence-electron chi connectivity index (χ1n) is 5.64. The van der Waals surface area contributed by atoms with Gasteiger partial charge in [-0.1, -0.05) is 17.7 Å².